The lowest BCUT2D eigenvalue weighted by Crippen LogP contribution is -2.45. The summed E-state index contributed by atoms with van der Waals surface area (Å²) in [5.74, 6) is 2.15. The summed E-state index contributed by atoms with van der Waals surface area (Å²) >= 11 is 5.77. The fraction of sp³-hybridized carbons (Fsp3) is 0.318. The third kappa shape index (κ3) is 4.12. The van der Waals surface area contributed by atoms with E-state index in [2.05, 4.69) is 16.1 Å². The van der Waals surface area contributed by atoms with Crippen molar-refractivity contribution in [2.75, 3.05) is 5.32 Å². The van der Waals surface area contributed by atoms with Gasteiger partial charge in [-0.1, -0.05) is 11.6 Å². The molecule has 1 aliphatic carbocycles. The topological polar surface area (TPSA) is 144 Å². The van der Waals surface area contributed by atoms with Crippen molar-refractivity contribution in [2.24, 2.45) is 11.6 Å². The van der Waals surface area contributed by atoms with Crippen LogP contribution in [0.4, 0.5) is 14.5 Å². The number of halogens is 3. The van der Waals surface area contributed by atoms with Crippen LogP contribution in [0.1, 0.15) is 44.9 Å². The molecule has 4 rings (SSSR count). The van der Waals surface area contributed by atoms with Gasteiger partial charge in [-0.25, -0.2) is 8.78 Å². The van der Waals surface area contributed by atoms with Gasteiger partial charge in [-0.15, -0.1) is 0 Å². The van der Waals surface area contributed by atoms with Gasteiger partial charge in [0.05, 0.1) is 28.4 Å². The molecule has 1 fully saturated rings. The molecule has 9 nitrogen and oxygen atoms in total. The molecule has 0 spiro atoms. The number of hydrazine groups is 1. The Balaban J connectivity index is 1.64. The molecule has 2 amide bonds. The predicted molar refractivity (Wildman–Crippen MR) is 121 cm³/mol. The van der Waals surface area contributed by atoms with Crippen LogP contribution < -0.4 is 27.6 Å². The van der Waals surface area contributed by atoms with Crippen molar-refractivity contribution in [3.63, 3.8) is 0 Å². The SMILES string of the molecule is Cc1c(C(=O)C(=O)NC2(/C(N)=C/NN)CC2)c2n(c1C(=O)Nc1ccc(F)c(Cl)c1)CC(F)C2. The second kappa shape index (κ2) is 8.73. The third-order valence-electron chi connectivity index (χ3n) is 6.13. The molecule has 0 bridgehead atoms. The van der Waals surface area contributed by atoms with E-state index in [0.29, 0.717) is 12.8 Å². The smallest absolute Gasteiger partial charge is 0.293 e. The molecule has 1 saturated carbocycles. The van der Waals surface area contributed by atoms with Crippen molar-refractivity contribution in [3.8, 4) is 0 Å². The van der Waals surface area contributed by atoms with Gasteiger partial charge < -0.3 is 26.4 Å². The summed E-state index contributed by atoms with van der Waals surface area (Å²) in [5, 5.41) is 5.04. The number of benzene rings is 1. The molecule has 2 aromatic rings. The van der Waals surface area contributed by atoms with Crippen LogP contribution in [0.5, 0.6) is 0 Å². The van der Waals surface area contributed by atoms with Gasteiger partial charge >= 0.3 is 0 Å². The molecular weight excluding hydrogens is 470 g/mol. The molecule has 1 unspecified atom stereocenters. The second-order valence-corrected chi connectivity index (χ2v) is 8.83. The number of anilines is 1. The number of rotatable bonds is 7. The first-order valence-electron chi connectivity index (χ1n) is 10.5. The monoisotopic (exact) mass is 492 g/mol. The molecule has 2 aliphatic rings. The van der Waals surface area contributed by atoms with Crippen molar-refractivity contribution in [3.05, 3.63) is 63.5 Å². The zero-order valence-electron chi connectivity index (χ0n) is 18.2. The van der Waals surface area contributed by atoms with E-state index >= 15 is 0 Å². The normalized spacial score (nSPS) is 18.3. The largest absolute Gasteiger partial charge is 0.399 e. The van der Waals surface area contributed by atoms with E-state index in [1.165, 1.54) is 29.8 Å². The highest BCUT2D eigenvalue weighted by atomic mass is 35.5. The molecule has 7 N–H and O–H groups in total. The van der Waals surface area contributed by atoms with E-state index in [1.54, 1.807) is 0 Å². The zero-order chi connectivity index (χ0) is 24.8. The van der Waals surface area contributed by atoms with Crippen LogP contribution in [0.15, 0.2) is 30.1 Å². The van der Waals surface area contributed by atoms with Crippen molar-refractivity contribution in [2.45, 2.75) is 44.4 Å². The van der Waals surface area contributed by atoms with Crippen molar-refractivity contribution in [1.82, 2.24) is 15.3 Å². The summed E-state index contributed by atoms with van der Waals surface area (Å²) in [6.07, 6.45) is 0.958. The first-order valence-corrected chi connectivity index (χ1v) is 10.9. The first kappa shape index (κ1) is 23.7. The Kier molecular flexibility index (Phi) is 6.09. The zero-order valence-corrected chi connectivity index (χ0v) is 18.9. The van der Waals surface area contributed by atoms with Crippen LogP contribution in [-0.2, 0) is 17.8 Å². The molecule has 1 atom stereocenters. The van der Waals surface area contributed by atoms with Gasteiger partial charge in [0.25, 0.3) is 17.6 Å². The molecule has 180 valence electrons. The quantitative estimate of drug-likeness (QED) is 0.173. The number of ketones is 1. The summed E-state index contributed by atoms with van der Waals surface area (Å²) < 4.78 is 29.1. The highest BCUT2D eigenvalue weighted by Gasteiger charge is 2.48. The van der Waals surface area contributed by atoms with Gasteiger partial charge in [0.1, 0.15) is 17.7 Å². The van der Waals surface area contributed by atoms with Gasteiger partial charge in [-0.3, -0.25) is 20.2 Å². The van der Waals surface area contributed by atoms with E-state index < -0.39 is 35.1 Å². The third-order valence-corrected chi connectivity index (χ3v) is 6.42. The van der Waals surface area contributed by atoms with E-state index in [1.807, 2.05) is 0 Å². The number of amides is 2. The summed E-state index contributed by atoms with van der Waals surface area (Å²) in [6.45, 7) is 1.38. The van der Waals surface area contributed by atoms with Crippen LogP contribution in [0, 0.1) is 12.7 Å². The lowest BCUT2D eigenvalue weighted by Gasteiger charge is -2.17. The number of fused-ring (bicyclic) bond motifs is 1. The number of alkyl halides is 1. The number of carbonyl (C=O) groups is 3. The summed E-state index contributed by atoms with van der Waals surface area (Å²) in [7, 11) is 0. The number of hydrogen-bond acceptors (Lipinski definition) is 6. The fourth-order valence-corrected chi connectivity index (χ4v) is 4.46. The molecule has 1 aromatic heterocycles. The Morgan fingerprint density at radius 2 is 2.00 bits per heavy atom. The highest BCUT2D eigenvalue weighted by Crippen LogP contribution is 2.40. The van der Waals surface area contributed by atoms with Gasteiger partial charge in [0.2, 0.25) is 0 Å². The van der Waals surface area contributed by atoms with Gasteiger partial charge in [0.15, 0.2) is 0 Å². The summed E-state index contributed by atoms with van der Waals surface area (Å²) in [4.78, 5) is 39.0. The van der Waals surface area contributed by atoms with E-state index in [4.69, 9.17) is 23.2 Å². The Hall–Kier alpha value is -3.44. The fourth-order valence-electron chi connectivity index (χ4n) is 4.28. The summed E-state index contributed by atoms with van der Waals surface area (Å²) in [5.41, 5.74) is 8.39. The highest BCUT2D eigenvalue weighted by molar-refractivity contribution is 6.44. The Labute approximate surface area is 198 Å². The van der Waals surface area contributed by atoms with Gasteiger partial charge in [-0.05, 0) is 43.5 Å². The van der Waals surface area contributed by atoms with E-state index in [9.17, 15) is 23.2 Å². The number of aromatic nitrogens is 1. The average molecular weight is 493 g/mol. The number of Topliss-reactive ketones (excluding diaryl/α,β-unsaturated/α-hetero) is 1. The number of nitrogens with zero attached hydrogens (tertiary/aromatic N) is 1. The molecule has 2 heterocycles. The molecule has 1 aromatic carbocycles. The minimum absolute atomic E-state index is 0.0183. The molecule has 0 saturated heterocycles. The van der Waals surface area contributed by atoms with E-state index in [-0.39, 0.29) is 51.9 Å². The number of nitrogens with two attached hydrogens (primary N) is 2. The lowest BCUT2D eigenvalue weighted by atomic mass is 10.0. The maximum Gasteiger partial charge on any atom is 0.293 e. The van der Waals surface area contributed by atoms with Crippen molar-refractivity contribution >= 4 is 34.9 Å². The molecular formula is C22H23ClF2N6O3. The van der Waals surface area contributed by atoms with Crippen LogP contribution in [0.3, 0.4) is 0 Å². The van der Waals surface area contributed by atoms with Crippen LogP contribution in [0.2, 0.25) is 5.02 Å². The maximum absolute atomic E-state index is 14.3. The molecule has 34 heavy (non-hydrogen) atoms. The minimum Gasteiger partial charge on any atom is -0.399 e. The lowest BCUT2D eigenvalue weighted by molar-refractivity contribution is -0.117. The van der Waals surface area contributed by atoms with Crippen LogP contribution in [0.25, 0.3) is 0 Å². The van der Waals surface area contributed by atoms with Gasteiger partial charge in [0, 0.05) is 24.0 Å². The standard InChI is InChI=1S/C22H23ClF2N6O3/c1-10-17(19(32)21(34)30-22(4-5-22)16(26)8-28-27)15-6-11(24)9-31(15)18(10)20(33)29-12-2-3-14(25)13(23)7-12/h2-3,7-8,11,28H,4-6,9,26-27H2,1H3,(H,29,33)(H,30,34)/b16-8-. The van der Waals surface area contributed by atoms with Crippen molar-refractivity contribution in [1.29, 1.82) is 0 Å². The van der Waals surface area contributed by atoms with Crippen LogP contribution in [-0.4, -0.2) is 33.9 Å². The Morgan fingerprint density at radius 3 is 2.62 bits per heavy atom. The summed E-state index contributed by atoms with van der Waals surface area (Å²) in [6, 6.07) is 3.65. The number of hydrogen-bond donors (Lipinski definition) is 5. The molecule has 1 aliphatic heterocycles. The van der Waals surface area contributed by atoms with Crippen molar-refractivity contribution < 1.29 is 23.2 Å². The number of carbonyl (C=O) groups excluding carboxylic acids is 3. The Morgan fingerprint density at radius 1 is 1.29 bits per heavy atom. The first-order chi connectivity index (χ1) is 16.1. The minimum atomic E-state index is -1.32. The van der Waals surface area contributed by atoms with Gasteiger partial charge in [-0.2, -0.15) is 0 Å². The van der Waals surface area contributed by atoms with E-state index in [0.717, 1.165) is 6.07 Å². The predicted octanol–water partition coefficient (Wildman–Crippen LogP) is 1.83. The Bertz CT molecular complexity index is 1240. The second-order valence-electron chi connectivity index (χ2n) is 8.42. The molecule has 12 heteroatoms. The average Bonchev–Trinajstić information content (AvgIpc) is 3.39. The maximum atomic E-state index is 14.3. The number of nitrogens with one attached hydrogen (secondary N) is 3. The molecule has 0 radical (unpaired) electrons. The van der Waals surface area contributed by atoms with Crippen LogP contribution >= 0.6 is 11.6 Å².